The Bertz CT molecular complexity index is 1140. The normalized spacial score (nSPS) is 15.1. The molecule has 0 aliphatic carbocycles. The van der Waals surface area contributed by atoms with Crippen LogP contribution in [0.4, 0.5) is 0 Å². The molecule has 0 bridgehead atoms. The van der Waals surface area contributed by atoms with Crippen molar-refractivity contribution in [3.05, 3.63) is 76.5 Å². The summed E-state index contributed by atoms with van der Waals surface area (Å²) in [7, 11) is 0. The van der Waals surface area contributed by atoms with Crippen LogP contribution < -0.4 is 0 Å². The molecule has 0 amide bonds. The third-order valence-electron chi connectivity index (χ3n) is 5.11. The van der Waals surface area contributed by atoms with E-state index in [0.717, 1.165) is 47.3 Å². The summed E-state index contributed by atoms with van der Waals surface area (Å²) in [6.45, 7) is 2.94. The summed E-state index contributed by atoms with van der Waals surface area (Å²) in [6.07, 6.45) is 9.30. The maximum absolute atomic E-state index is 5.98. The Morgan fingerprint density at radius 2 is 2.04 bits per heavy atom. The van der Waals surface area contributed by atoms with Gasteiger partial charge in [-0.15, -0.1) is 11.3 Å². The number of fused-ring (bicyclic) bond motifs is 1. The smallest absolute Gasteiger partial charge is 0.137 e. The highest BCUT2D eigenvalue weighted by atomic mass is 35.5. The Kier molecular flexibility index (Phi) is 4.72. The first-order valence-corrected chi connectivity index (χ1v) is 10.5. The maximum atomic E-state index is 5.98. The first-order valence-electron chi connectivity index (χ1n) is 9.31. The molecule has 0 fully saturated rings. The lowest BCUT2D eigenvalue weighted by molar-refractivity contribution is 0.296. The van der Waals surface area contributed by atoms with Crippen LogP contribution >= 0.6 is 22.9 Å². The van der Waals surface area contributed by atoms with Gasteiger partial charge >= 0.3 is 0 Å². The minimum Gasteiger partial charge on any atom is -0.346 e. The zero-order chi connectivity index (χ0) is 18.9. The lowest BCUT2D eigenvalue weighted by atomic mass is 9.99. The fourth-order valence-electron chi connectivity index (χ4n) is 3.65. The van der Waals surface area contributed by atoms with E-state index in [1.165, 1.54) is 21.4 Å². The van der Waals surface area contributed by atoms with Gasteiger partial charge < -0.3 is 4.98 Å². The van der Waals surface area contributed by atoms with Crippen molar-refractivity contribution in [3.8, 4) is 10.6 Å². The van der Waals surface area contributed by atoms with Crippen molar-refractivity contribution in [2.24, 2.45) is 0 Å². The average molecular weight is 407 g/mol. The van der Waals surface area contributed by atoms with Gasteiger partial charge in [-0.1, -0.05) is 29.8 Å². The summed E-state index contributed by atoms with van der Waals surface area (Å²) in [5.41, 5.74) is 4.77. The number of nitrogens with zero attached hydrogens (tertiary/aromatic N) is 3. The highest BCUT2D eigenvalue weighted by Crippen LogP contribution is 2.30. The third kappa shape index (κ3) is 3.49. The molecule has 140 valence electrons. The van der Waals surface area contributed by atoms with Gasteiger partial charge in [0.15, 0.2) is 0 Å². The molecule has 5 rings (SSSR count). The molecule has 0 saturated heterocycles. The molecule has 1 aliphatic heterocycles. The Balaban J connectivity index is 1.28. The molecule has 4 nitrogen and oxygen atoms in total. The fraction of sp³-hybridized carbons (Fsp3) is 0.182. The Labute approximate surface area is 172 Å². The third-order valence-corrected chi connectivity index (χ3v) is 6.40. The van der Waals surface area contributed by atoms with E-state index in [-0.39, 0.29) is 0 Å². The SMILES string of the molecule is Clc1ccc(-c2ncc(CN3CC=C(c4c[nH]c5ncccc45)CC3)s2)cc1. The van der Waals surface area contributed by atoms with Crippen molar-refractivity contribution >= 4 is 39.5 Å². The molecule has 0 radical (unpaired) electrons. The minimum atomic E-state index is 0.752. The number of aromatic nitrogens is 3. The van der Waals surface area contributed by atoms with Crippen LogP contribution in [-0.4, -0.2) is 32.9 Å². The standard InChI is InChI=1S/C22H19ClN4S/c23-17-5-3-16(4-6-17)22-26-12-18(28-22)14-27-10-7-15(8-11-27)20-13-25-21-19(20)2-1-9-24-21/h1-7,9,12-13H,8,10-11,14H2,(H,24,25). The van der Waals surface area contributed by atoms with Gasteiger partial charge in [-0.05, 0) is 36.3 Å². The molecule has 28 heavy (non-hydrogen) atoms. The number of pyridine rings is 1. The lowest BCUT2D eigenvalue weighted by Crippen LogP contribution is -2.27. The van der Waals surface area contributed by atoms with Crippen molar-refractivity contribution < 1.29 is 0 Å². The molecule has 3 aromatic heterocycles. The minimum absolute atomic E-state index is 0.752. The summed E-state index contributed by atoms with van der Waals surface area (Å²) >= 11 is 7.74. The van der Waals surface area contributed by atoms with Crippen molar-refractivity contribution in [2.45, 2.75) is 13.0 Å². The van der Waals surface area contributed by atoms with E-state index in [1.54, 1.807) is 11.3 Å². The number of nitrogens with one attached hydrogen (secondary N) is 1. The second-order valence-electron chi connectivity index (χ2n) is 6.96. The summed E-state index contributed by atoms with van der Waals surface area (Å²) in [5.74, 6) is 0. The summed E-state index contributed by atoms with van der Waals surface area (Å²) in [5, 5.41) is 3.01. The van der Waals surface area contributed by atoms with Crippen molar-refractivity contribution in [1.82, 2.24) is 19.9 Å². The van der Waals surface area contributed by atoms with Gasteiger partial charge in [-0.2, -0.15) is 0 Å². The second-order valence-corrected chi connectivity index (χ2v) is 8.51. The maximum Gasteiger partial charge on any atom is 0.137 e. The molecular weight excluding hydrogens is 388 g/mol. The molecule has 0 saturated carbocycles. The Morgan fingerprint density at radius 3 is 2.86 bits per heavy atom. The highest BCUT2D eigenvalue weighted by molar-refractivity contribution is 7.15. The van der Waals surface area contributed by atoms with Gasteiger partial charge in [-0.25, -0.2) is 9.97 Å². The van der Waals surface area contributed by atoms with Crippen LogP contribution in [0.3, 0.4) is 0 Å². The van der Waals surface area contributed by atoms with Crippen molar-refractivity contribution in [2.75, 3.05) is 13.1 Å². The van der Waals surface area contributed by atoms with Gasteiger partial charge in [0.2, 0.25) is 0 Å². The molecule has 1 N–H and O–H groups in total. The predicted octanol–water partition coefficient (Wildman–Crippen LogP) is 5.63. The van der Waals surface area contributed by atoms with Gasteiger partial charge in [0.05, 0.1) is 0 Å². The van der Waals surface area contributed by atoms with Gasteiger partial charge in [0.25, 0.3) is 0 Å². The van der Waals surface area contributed by atoms with Crippen LogP contribution in [0, 0.1) is 0 Å². The molecule has 1 aromatic carbocycles. The van der Waals surface area contributed by atoms with E-state index in [2.05, 4.69) is 38.2 Å². The number of halogens is 1. The van der Waals surface area contributed by atoms with E-state index >= 15 is 0 Å². The summed E-state index contributed by atoms with van der Waals surface area (Å²) in [4.78, 5) is 16.0. The van der Waals surface area contributed by atoms with Gasteiger partial charge in [0, 0.05) is 64.6 Å². The number of thiazole rings is 1. The first kappa shape index (κ1) is 17.6. The van der Waals surface area contributed by atoms with Crippen LogP contribution in [0.15, 0.2) is 61.1 Å². The Morgan fingerprint density at radius 1 is 1.14 bits per heavy atom. The van der Waals surface area contributed by atoms with Gasteiger partial charge in [-0.3, -0.25) is 4.90 Å². The van der Waals surface area contributed by atoms with Crippen LogP contribution in [0.25, 0.3) is 27.2 Å². The molecule has 4 heterocycles. The molecule has 0 spiro atoms. The van der Waals surface area contributed by atoms with E-state index in [9.17, 15) is 0 Å². The number of H-pyrrole nitrogens is 1. The van der Waals surface area contributed by atoms with Gasteiger partial charge in [0.1, 0.15) is 10.7 Å². The van der Waals surface area contributed by atoms with Crippen LogP contribution in [-0.2, 0) is 6.54 Å². The topological polar surface area (TPSA) is 44.8 Å². The number of benzene rings is 1. The second kappa shape index (κ2) is 7.51. The summed E-state index contributed by atoms with van der Waals surface area (Å²) < 4.78 is 0. The first-order chi connectivity index (χ1) is 13.8. The van der Waals surface area contributed by atoms with E-state index in [4.69, 9.17) is 11.6 Å². The number of hydrogen-bond acceptors (Lipinski definition) is 4. The molecule has 1 aliphatic rings. The number of rotatable bonds is 4. The zero-order valence-electron chi connectivity index (χ0n) is 15.2. The number of aromatic amines is 1. The molecule has 0 unspecified atom stereocenters. The van der Waals surface area contributed by atoms with E-state index in [0.29, 0.717) is 0 Å². The predicted molar refractivity (Wildman–Crippen MR) is 117 cm³/mol. The monoisotopic (exact) mass is 406 g/mol. The van der Waals surface area contributed by atoms with Crippen LogP contribution in [0.1, 0.15) is 16.9 Å². The quantitative estimate of drug-likeness (QED) is 0.477. The lowest BCUT2D eigenvalue weighted by Gasteiger charge is -2.25. The highest BCUT2D eigenvalue weighted by Gasteiger charge is 2.17. The Hall–Kier alpha value is -2.47. The van der Waals surface area contributed by atoms with Crippen molar-refractivity contribution in [3.63, 3.8) is 0 Å². The van der Waals surface area contributed by atoms with E-state index < -0.39 is 0 Å². The van der Waals surface area contributed by atoms with Crippen LogP contribution in [0.5, 0.6) is 0 Å². The molecule has 4 aromatic rings. The summed E-state index contributed by atoms with van der Waals surface area (Å²) in [6, 6.07) is 12.0. The zero-order valence-corrected chi connectivity index (χ0v) is 16.8. The molecule has 6 heteroatoms. The largest absolute Gasteiger partial charge is 0.346 e. The fourth-order valence-corrected chi connectivity index (χ4v) is 4.73. The van der Waals surface area contributed by atoms with Crippen LogP contribution in [0.2, 0.25) is 5.02 Å². The number of hydrogen-bond donors (Lipinski definition) is 1. The van der Waals surface area contributed by atoms with E-state index in [1.807, 2.05) is 42.7 Å². The van der Waals surface area contributed by atoms with Crippen molar-refractivity contribution in [1.29, 1.82) is 0 Å². The molecular formula is C22H19ClN4S. The average Bonchev–Trinajstić information content (AvgIpc) is 3.36. The molecule has 0 atom stereocenters.